The van der Waals surface area contributed by atoms with E-state index in [1.54, 1.807) is 30.3 Å². The fourth-order valence-electron chi connectivity index (χ4n) is 6.18. The van der Waals surface area contributed by atoms with Crippen LogP contribution >= 0.6 is 36.4 Å². The third-order valence-electron chi connectivity index (χ3n) is 9.24. The number of nitrogens with one attached hydrogen (secondary N) is 1. The zero-order valence-electron chi connectivity index (χ0n) is 34.4. The van der Waals surface area contributed by atoms with E-state index in [0.29, 0.717) is 56.9 Å². The summed E-state index contributed by atoms with van der Waals surface area (Å²) in [5.74, 6) is -1.21. The van der Waals surface area contributed by atoms with E-state index < -0.39 is 53.5 Å². The Kier molecular flexibility index (Phi) is 17.2. The van der Waals surface area contributed by atoms with Crippen molar-refractivity contribution < 1.29 is 79.7 Å². The van der Waals surface area contributed by atoms with Gasteiger partial charge in [0.2, 0.25) is 0 Å². The van der Waals surface area contributed by atoms with Gasteiger partial charge in [-0.2, -0.15) is 13.5 Å². The maximum absolute atomic E-state index is 12.9. The molecule has 0 saturated carbocycles. The Morgan fingerprint density at radius 1 is 0.580 bits per heavy atom. The van der Waals surface area contributed by atoms with Crippen LogP contribution in [0.15, 0.2) is 172 Å². The third-order valence-corrected chi connectivity index (χ3v) is 13.4. The summed E-state index contributed by atoms with van der Waals surface area (Å²) < 4.78 is 78.7. The number of fused-ring (bicyclic) bond motifs is 2. The average Bonchev–Trinajstić information content (AvgIpc) is 3.34. The standard InChI is InChI=1S/C40H31N7O17S5/c48-36-20-25(41-24-4-2-1-3-5-24)8-12-34(36)45-42-26-7-6-23-18-37(66-63-60-51)39(40(49)30(23)19-26)47-44-33-15-14-32(29-11-9-27(21-31(29)33)65-62-59-50)43-46-35-13-10-28(22-38(35)69(55,56)57)68(53,54)17-16-58-67-64-61-52/h1-15,18-22,41,48-52H,16-17H2,(H,55,56,57)/b45-42?,46-43+,47-44+. The van der Waals surface area contributed by atoms with Crippen molar-refractivity contribution in [1.82, 2.24) is 0 Å². The monoisotopic (exact) mass is 1040 g/mol. The van der Waals surface area contributed by atoms with Crippen molar-refractivity contribution in [3.05, 3.63) is 121 Å². The molecule has 29 heteroatoms. The lowest BCUT2D eigenvalue weighted by molar-refractivity contribution is -0.434. The molecule has 7 aromatic carbocycles. The van der Waals surface area contributed by atoms with Crippen molar-refractivity contribution in [2.45, 2.75) is 19.6 Å². The number of phenols is 2. The Morgan fingerprint density at radius 3 is 2.00 bits per heavy atom. The molecule has 0 aromatic heterocycles. The SMILES string of the molecule is O=S(=O)(O)c1cc(S(=O)(=O)CCOSOOO)ccc1/N=N/c1ccc(/N=N/c2c(SOOO)cc3ccc(N=Nc4ccc(Nc5ccccc5)cc4O)cc3c2O)c2cc(SOOO)ccc12. The molecule has 0 atom stereocenters. The summed E-state index contributed by atoms with van der Waals surface area (Å²) in [7, 11) is -9.26. The van der Waals surface area contributed by atoms with Gasteiger partial charge in [0.1, 0.15) is 27.7 Å². The summed E-state index contributed by atoms with van der Waals surface area (Å²) in [5, 5.41) is 89.0. The molecule has 0 amide bonds. The number of hydrogen-bond acceptors (Lipinski definition) is 26. The van der Waals surface area contributed by atoms with Crippen LogP contribution in [0.3, 0.4) is 0 Å². The van der Waals surface area contributed by atoms with Crippen molar-refractivity contribution in [2.75, 3.05) is 17.7 Å². The lowest BCUT2D eigenvalue weighted by Gasteiger charge is -2.10. The number of anilines is 2. The number of azo groups is 3. The van der Waals surface area contributed by atoms with Gasteiger partial charge in [-0.15, -0.1) is 38.6 Å². The van der Waals surface area contributed by atoms with Crippen LogP contribution in [0.4, 0.5) is 45.5 Å². The number of phenolic OH excluding ortho intramolecular Hbond substituents is 2. The lowest BCUT2D eigenvalue weighted by atomic mass is 10.1. The zero-order valence-corrected chi connectivity index (χ0v) is 38.4. The van der Waals surface area contributed by atoms with Crippen LogP contribution < -0.4 is 5.32 Å². The van der Waals surface area contributed by atoms with Crippen molar-refractivity contribution in [1.29, 1.82) is 0 Å². The van der Waals surface area contributed by atoms with Crippen LogP contribution in [0, 0.1) is 0 Å². The summed E-state index contributed by atoms with van der Waals surface area (Å²) in [5.41, 5.74) is 1.55. The van der Waals surface area contributed by atoms with E-state index in [1.165, 1.54) is 42.5 Å². The molecule has 0 fully saturated rings. The predicted molar refractivity (Wildman–Crippen MR) is 248 cm³/mol. The van der Waals surface area contributed by atoms with E-state index in [0.717, 1.165) is 17.8 Å². The highest BCUT2D eigenvalue weighted by molar-refractivity contribution is 7.95. The molecular formula is C40H31N7O17S5. The smallest absolute Gasteiger partial charge is 0.296 e. The van der Waals surface area contributed by atoms with Gasteiger partial charge in [-0.1, -0.05) is 45.4 Å². The molecule has 0 aliphatic heterocycles. The highest BCUT2D eigenvalue weighted by Gasteiger charge is 2.23. The molecule has 0 aliphatic carbocycles. The summed E-state index contributed by atoms with van der Waals surface area (Å²) in [6.07, 6.45) is 0. The molecule has 7 rings (SSSR count). The summed E-state index contributed by atoms with van der Waals surface area (Å²) in [4.78, 5) is -0.897. The third kappa shape index (κ3) is 13.1. The van der Waals surface area contributed by atoms with Crippen molar-refractivity contribution in [2.24, 2.45) is 30.7 Å². The normalized spacial score (nSPS) is 12.3. The number of aromatic hydroxyl groups is 2. The number of benzene rings is 7. The highest BCUT2D eigenvalue weighted by atomic mass is 32.2. The predicted octanol–water partition coefficient (Wildman–Crippen LogP) is 12.3. The quantitative estimate of drug-likeness (QED) is 0.00828. The summed E-state index contributed by atoms with van der Waals surface area (Å²) in [6.45, 7) is -0.467. The van der Waals surface area contributed by atoms with Crippen molar-refractivity contribution in [3.8, 4) is 11.5 Å². The van der Waals surface area contributed by atoms with Gasteiger partial charge in [0.05, 0.1) is 63.3 Å². The van der Waals surface area contributed by atoms with E-state index in [9.17, 15) is 31.6 Å². The molecule has 0 radical (unpaired) electrons. The first-order valence-corrected chi connectivity index (χ1v) is 24.2. The van der Waals surface area contributed by atoms with Crippen LogP contribution in [0.25, 0.3) is 21.5 Å². The molecule has 7 N–H and O–H groups in total. The maximum Gasteiger partial charge on any atom is 0.296 e. The average molecular weight is 1040 g/mol. The van der Waals surface area contributed by atoms with Gasteiger partial charge in [0, 0.05) is 38.5 Å². The topological polar surface area (TPSA) is 340 Å². The molecule has 0 aliphatic rings. The number of nitrogens with zero attached hydrogens (tertiary/aromatic N) is 6. The highest BCUT2D eigenvalue weighted by Crippen LogP contribution is 2.46. The van der Waals surface area contributed by atoms with Crippen LogP contribution in [0.5, 0.6) is 11.5 Å². The van der Waals surface area contributed by atoms with Gasteiger partial charge in [0.25, 0.3) is 10.1 Å². The lowest BCUT2D eigenvalue weighted by Crippen LogP contribution is -2.12. The molecule has 7 aromatic rings. The van der Waals surface area contributed by atoms with Crippen molar-refractivity contribution >= 4 is 123 Å². The second-order valence-corrected chi connectivity index (χ2v) is 19.0. The first-order chi connectivity index (χ1) is 33.3. The second kappa shape index (κ2) is 23.4. The molecule has 358 valence electrons. The second-order valence-electron chi connectivity index (χ2n) is 13.5. The minimum atomic E-state index is -5.07. The maximum atomic E-state index is 12.9. The Labute approximate surface area is 401 Å². The summed E-state index contributed by atoms with van der Waals surface area (Å²) in [6, 6.07) is 30.7. The fraction of sp³-hybridized carbons (Fsp3) is 0.0500. The molecule has 69 heavy (non-hydrogen) atoms. The number of hydrogen-bond donors (Lipinski definition) is 7. The van der Waals surface area contributed by atoms with Gasteiger partial charge < -0.3 is 15.5 Å². The number of para-hydroxylation sites is 1. The molecule has 0 unspecified atom stereocenters. The first-order valence-electron chi connectivity index (χ1n) is 18.9. The van der Waals surface area contributed by atoms with E-state index in [1.807, 2.05) is 30.3 Å². The van der Waals surface area contributed by atoms with E-state index >= 15 is 0 Å². The van der Waals surface area contributed by atoms with Gasteiger partial charge >= 0.3 is 0 Å². The molecule has 24 nitrogen and oxygen atoms in total. The van der Waals surface area contributed by atoms with E-state index in [2.05, 4.69) is 64.1 Å². The largest absolute Gasteiger partial charge is 0.506 e. The number of rotatable bonds is 22. The fourth-order valence-corrected chi connectivity index (χ4v) is 9.23. The Morgan fingerprint density at radius 2 is 1.26 bits per heavy atom. The van der Waals surface area contributed by atoms with Gasteiger partial charge in [-0.05, 0) is 90.3 Å². The van der Waals surface area contributed by atoms with Crippen LogP contribution in [0.1, 0.15) is 0 Å². The number of sulfone groups is 1. The molecule has 0 spiro atoms. The molecule has 0 heterocycles. The Hall–Kier alpha value is -6.23. The van der Waals surface area contributed by atoms with E-state index in [4.69, 9.17) is 20.0 Å². The van der Waals surface area contributed by atoms with Gasteiger partial charge in [-0.25, -0.2) is 24.2 Å². The first kappa shape index (κ1) is 50.6. The van der Waals surface area contributed by atoms with Crippen LogP contribution in [-0.2, 0) is 52.3 Å². The van der Waals surface area contributed by atoms with Crippen LogP contribution in [0.2, 0.25) is 0 Å². The minimum Gasteiger partial charge on any atom is -0.506 e. The van der Waals surface area contributed by atoms with Crippen LogP contribution in [-0.4, -0.2) is 59.7 Å². The molecular weight excluding hydrogens is 1010 g/mol. The van der Waals surface area contributed by atoms with E-state index in [-0.39, 0.29) is 56.8 Å². The molecule has 0 saturated heterocycles. The molecule has 0 bridgehead atoms. The van der Waals surface area contributed by atoms with Gasteiger partial charge in [0.15, 0.2) is 27.9 Å². The minimum absolute atomic E-state index is 0.106. The Bertz CT molecular complexity index is 3300. The van der Waals surface area contributed by atoms with Crippen molar-refractivity contribution in [3.63, 3.8) is 0 Å². The Balaban J connectivity index is 1.21. The zero-order chi connectivity index (χ0) is 49.0. The summed E-state index contributed by atoms with van der Waals surface area (Å²) >= 11 is 1.25. The van der Waals surface area contributed by atoms with Gasteiger partial charge in [-0.3, -0.25) is 8.74 Å².